The highest BCUT2D eigenvalue weighted by Gasteiger charge is 2.38. The molecule has 2 atom stereocenters. The minimum atomic E-state index is -4.68. The first-order chi connectivity index (χ1) is 11.4. The summed E-state index contributed by atoms with van der Waals surface area (Å²) >= 11 is 0. The summed E-state index contributed by atoms with van der Waals surface area (Å²) in [6, 6.07) is 8.75. The summed E-state index contributed by atoms with van der Waals surface area (Å²) in [6.07, 6.45) is -3.55. The lowest BCUT2D eigenvalue weighted by atomic mass is 10.2. The summed E-state index contributed by atoms with van der Waals surface area (Å²) in [5.74, 6) is 0.677. The lowest BCUT2D eigenvalue weighted by molar-refractivity contribution is -0.274. The first-order valence-corrected chi connectivity index (χ1v) is 7.82. The second-order valence-electron chi connectivity index (χ2n) is 6.24. The van der Waals surface area contributed by atoms with E-state index < -0.39 is 6.36 Å². The number of hydrogen-bond acceptors (Lipinski definition) is 4. The van der Waals surface area contributed by atoms with E-state index in [-0.39, 0.29) is 5.75 Å². The van der Waals surface area contributed by atoms with Crippen molar-refractivity contribution < 1.29 is 17.9 Å². The number of halogens is 3. The van der Waals surface area contributed by atoms with Crippen LogP contribution < -0.4 is 15.0 Å². The molecular weight excluding hydrogens is 321 g/mol. The maximum atomic E-state index is 12.2. The Labute approximate surface area is 137 Å². The predicted molar refractivity (Wildman–Crippen MR) is 82.5 cm³/mol. The van der Waals surface area contributed by atoms with Crippen molar-refractivity contribution in [1.29, 1.82) is 0 Å². The number of anilines is 1. The zero-order valence-electron chi connectivity index (χ0n) is 13.0. The van der Waals surface area contributed by atoms with Crippen molar-refractivity contribution >= 4 is 5.82 Å². The first kappa shape index (κ1) is 15.3. The summed E-state index contributed by atoms with van der Waals surface area (Å²) in [6.45, 7) is 3.85. The highest BCUT2D eigenvalue weighted by Crippen LogP contribution is 2.30. The molecular formula is C16H17F3N4O. The number of benzene rings is 1. The molecule has 24 heavy (non-hydrogen) atoms. The Morgan fingerprint density at radius 2 is 2.00 bits per heavy atom. The fraction of sp³-hybridized carbons (Fsp3) is 0.438. The molecule has 8 heteroatoms. The third-order valence-electron chi connectivity index (χ3n) is 4.54. The zero-order valence-corrected chi connectivity index (χ0v) is 13.0. The molecule has 0 radical (unpaired) electrons. The van der Waals surface area contributed by atoms with Gasteiger partial charge in [-0.2, -0.15) is 5.10 Å². The van der Waals surface area contributed by atoms with Crippen LogP contribution in [0, 0.1) is 6.92 Å². The van der Waals surface area contributed by atoms with Gasteiger partial charge in [-0.3, -0.25) is 0 Å². The van der Waals surface area contributed by atoms with E-state index in [0.29, 0.717) is 17.8 Å². The molecule has 4 rings (SSSR count). The molecule has 128 valence electrons. The van der Waals surface area contributed by atoms with Crippen LogP contribution in [0.5, 0.6) is 5.75 Å². The molecule has 1 aromatic carbocycles. The molecule has 2 aromatic rings. The van der Waals surface area contributed by atoms with E-state index in [0.717, 1.165) is 31.0 Å². The molecule has 2 fully saturated rings. The van der Waals surface area contributed by atoms with Crippen molar-refractivity contribution in [2.24, 2.45) is 0 Å². The van der Waals surface area contributed by atoms with Crippen LogP contribution in [0.4, 0.5) is 19.0 Å². The number of nitrogens with zero attached hydrogens (tertiary/aromatic N) is 3. The molecule has 2 bridgehead atoms. The zero-order chi connectivity index (χ0) is 16.9. The number of alkyl halides is 3. The van der Waals surface area contributed by atoms with Gasteiger partial charge in [0.2, 0.25) is 0 Å². The van der Waals surface area contributed by atoms with Crippen LogP contribution in [0.3, 0.4) is 0 Å². The SMILES string of the molecule is Cc1cc(N2CC3CC2CN3)nn1-c1ccc(OC(F)(F)F)cc1. The molecule has 0 aliphatic carbocycles. The average Bonchev–Trinajstić information content (AvgIpc) is 3.21. The molecule has 2 unspecified atom stereocenters. The largest absolute Gasteiger partial charge is 0.573 e. The first-order valence-electron chi connectivity index (χ1n) is 7.82. The fourth-order valence-corrected chi connectivity index (χ4v) is 3.49. The minimum absolute atomic E-state index is 0.237. The summed E-state index contributed by atoms with van der Waals surface area (Å²) in [5.41, 5.74) is 1.64. The second-order valence-corrected chi connectivity index (χ2v) is 6.24. The van der Waals surface area contributed by atoms with Crippen LogP contribution in [-0.2, 0) is 0 Å². The van der Waals surface area contributed by atoms with Crippen molar-refractivity contribution in [2.45, 2.75) is 31.8 Å². The maximum absolute atomic E-state index is 12.2. The number of hydrogen-bond donors (Lipinski definition) is 1. The van der Waals surface area contributed by atoms with Gasteiger partial charge < -0.3 is 15.0 Å². The molecule has 0 amide bonds. The lowest BCUT2D eigenvalue weighted by Gasteiger charge is -2.27. The van der Waals surface area contributed by atoms with Gasteiger partial charge in [-0.25, -0.2) is 4.68 Å². The molecule has 5 nitrogen and oxygen atoms in total. The Morgan fingerprint density at radius 1 is 1.25 bits per heavy atom. The molecule has 0 spiro atoms. The quantitative estimate of drug-likeness (QED) is 0.934. The van der Waals surface area contributed by atoms with Gasteiger partial charge >= 0.3 is 6.36 Å². The number of ether oxygens (including phenoxy) is 1. The lowest BCUT2D eigenvalue weighted by Crippen LogP contribution is -2.43. The number of aryl methyl sites for hydroxylation is 1. The highest BCUT2D eigenvalue weighted by atomic mass is 19.4. The average molecular weight is 338 g/mol. The minimum Gasteiger partial charge on any atom is -0.406 e. The number of rotatable bonds is 3. The van der Waals surface area contributed by atoms with Gasteiger partial charge in [-0.1, -0.05) is 0 Å². The van der Waals surface area contributed by atoms with Crippen LogP contribution >= 0.6 is 0 Å². The van der Waals surface area contributed by atoms with E-state index in [9.17, 15) is 13.2 Å². The van der Waals surface area contributed by atoms with E-state index in [2.05, 4.69) is 20.1 Å². The van der Waals surface area contributed by atoms with E-state index in [1.807, 2.05) is 13.0 Å². The van der Waals surface area contributed by atoms with Crippen molar-refractivity contribution in [1.82, 2.24) is 15.1 Å². The number of nitrogens with one attached hydrogen (secondary N) is 1. The molecule has 1 aromatic heterocycles. The predicted octanol–water partition coefficient (Wildman–Crippen LogP) is 2.63. The van der Waals surface area contributed by atoms with Crippen LogP contribution in [0.1, 0.15) is 12.1 Å². The normalized spacial score (nSPS) is 23.1. The van der Waals surface area contributed by atoms with Gasteiger partial charge in [0.1, 0.15) is 5.75 Å². The second kappa shape index (κ2) is 5.41. The highest BCUT2D eigenvalue weighted by molar-refractivity contribution is 5.47. The van der Waals surface area contributed by atoms with E-state index in [1.165, 1.54) is 12.1 Å². The molecule has 3 heterocycles. The Bertz CT molecular complexity index is 741. The van der Waals surface area contributed by atoms with Crippen LogP contribution in [0.2, 0.25) is 0 Å². The van der Waals surface area contributed by atoms with Gasteiger partial charge in [0.25, 0.3) is 0 Å². The monoisotopic (exact) mass is 338 g/mol. The third-order valence-corrected chi connectivity index (χ3v) is 4.54. The Morgan fingerprint density at radius 3 is 2.58 bits per heavy atom. The van der Waals surface area contributed by atoms with Crippen molar-refractivity contribution in [3.8, 4) is 11.4 Å². The molecule has 2 aliphatic heterocycles. The number of piperazine rings is 1. The van der Waals surface area contributed by atoms with E-state index >= 15 is 0 Å². The van der Waals surface area contributed by atoms with E-state index in [1.54, 1.807) is 16.8 Å². The molecule has 2 aliphatic rings. The van der Waals surface area contributed by atoms with Crippen molar-refractivity contribution in [2.75, 3.05) is 18.0 Å². The summed E-state index contributed by atoms with van der Waals surface area (Å²) in [4.78, 5) is 2.30. The van der Waals surface area contributed by atoms with Crippen LogP contribution in [0.15, 0.2) is 30.3 Å². The number of aromatic nitrogens is 2. The fourth-order valence-electron chi connectivity index (χ4n) is 3.49. The Kier molecular flexibility index (Phi) is 3.45. The van der Waals surface area contributed by atoms with Crippen LogP contribution in [0.25, 0.3) is 5.69 Å². The summed E-state index contributed by atoms with van der Waals surface area (Å²) in [5, 5.41) is 8.09. The van der Waals surface area contributed by atoms with Gasteiger partial charge in [-0.15, -0.1) is 13.2 Å². The topological polar surface area (TPSA) is 42.3 Å². The van der Waals surface area contributed by atoms with Crippen molar-refractivity contribution in [3.05, 3.63) is 36.0 Å². The molecule has 0 saturated carbocycles. The molecule has 1 N–H and O–H groups in total. The van der Waals surface area contributed by atoms with Crippen LogP contribution in [-0.4, -0.2) is 41.3 Å². The maximum Gasteiger partial charge on any atom is 0.573 e. The summed E-state index contributed by atoms with van der Waals surface area (Å²) < 4.78 is 42.3. The van der Waals surface area contributed by atoms with Gasteiger partial charge in [-0.05, 0) is 37.6 Å². The van der Waals surface area contributed by atoms with Gasteiger partial charge in [0.05, 0.1) is 5.69 Å². The van der Waals surface area contributed by atoms with Crippen molar-refractivity contribution in [3.63, 3.8) is 0 Å². The smallest absolute Gasteiger partial charge is 0.406 e. The number of fused-ring (bicyclic) bond motifs is 2. The van der Waals surface area contributed by atoms with Gasteiger partial charge in [0, 0.05) is 36.9 Å². The standard InChI is InChI=1S/C16H17F3N4O/c1-10-6-15(22-9-11-7-13(22)8-20-11)21-23(10)12-2-4-14(5-3-12)24-16(17,18)19/h2-6,11,13,20H,7-9H2,1H3. The van der Waals surface area contributed by atoms with Gasteiger partial charge in [0.15, 0.2) is 5.82 Å². The third kappa shape index (κ3) is 2.82. The summed E-state index contributed by atoms with van der Waals surface area (Å²) in [7, 11) is 0. The Hall–Kier alpha value is -2.22. The van der Waals surface area contributed by atoms with E-state index in [4.69, 9.17) is 0 Å². The Balaban J connectivity index is 1.56. The molecule has 2 saturated heterocycles.